The maximum atomic E-state index is 9.47. The number of phenolic OH excluding ortho intramolecular Hbond substituents is 1. The molecule has 1 aliphatic rings. The largest absolute Gasteiger partial charge is 0.508 e. The zero-order chi connectivity index (χ0) is 15.3. The molecule has 1 saturated heterocycles. The first kappa shape index (κ1) is 15.9. The standard InChI is InChI=1S/C15H26N4O2/c1-19(10-11-20)8-6-18(7-9-19)5-4-17-15-12-13(21)2-3-14(15)16/h2-3,12,17,20H,4-11,16H2,1H3/p+1. The highest BCUT2D eigenvalue weighted by Gasteiger charge is 2.27. The maximum Gasteiger partial charge on any atom is 0.117 e. The Bertz CT molecular complexity index is 459. The third-order valence-corrected chi connectivity index (χ3v) is 4.33. The number of piperazine rings is 1. The summed E-state index contributed by atoms with van der Waals surface area (Å²) >= 11 is 0. The molecule has 0 bridgehead atoms. The van der Waals surface area contributed by atoms with Gasteiger partial charge in [-0.2, -0.15) is 0 Å². The van der Waals surface area contributed by atoms with Crippen LogP contribution in [0.25, 0.3) is 0 Å². The van der Waals surface area contributed by atoms with Gasteiger partial charge in [0.1, 0.15) is 12.3 Å². The fourth-order valence-electron chi connectivity index (χ4n) is 2.72. The number of phenols is 1. The summed E-state index contributed by atoms with van der Waals surface area (Å²) in [4.78, 5) is 2.42. The predicted octanol–water partition coefficient (Wildman–Crippen LogP) is 0.141. The summed E-state index contributed by atoms with van der Waals surface area (Å²) in [5, 5.41) is 21.8. The Hall–Kier alpha value is -1.50. The number of aliphatic hydroxyl groups is 1. The lowest BCUT2D eigenvalue weighted by atomic mass is 10.2. The number of benzene rings is 1. The molecule has 118 valence electrons. The van der Waals surface area contributed by atoms with Gasteiger partial charge in [-0.1, -0.05) is 0 Å². The molecule has 0 radical (unpaired) electrons. The van der Waals surface area contributed by atoms with Crippen LogP contribution in [0, 0.1) is 0 Å². The molecule has 0 unspecified atom stereocenters. The second-order valence-electron chi connectivity index (χ2n) is 6.05. The van der Waals surface area contributed by atoms with Gasteiger partial charge in [0.05, 0.1) is 38.1 Å². The molecule has 0 spiro atoms. The van der Waals surface area contributed by atoms with E-state index in [9.17, 15) is 5.11 Å². The molecule has 1 aromatic rings. The summed E-state index contributed by atoms with van der Waals surface area (Å²) in [7, 11) is 2.21. The van der Waals surface area contributed by atoms with Crippen molar-refractivity contribution in [3.05, 3.63) is 18.2 Å². The van der Waals surface area contributed by atoms with Crippen LogP contribution in [0.2, 0.25) is 0 Å². The van der Waals surface area contributed by atoms with E-state index >= 15 is 0 Å². The summed E-state index contributed by atoms with van der Waals surface area (Å²) in [5.74, 6) is 0.224. The molecule has 21 heavy (non-hydrogen) atoms. The topological polar surface area (TPSA) is 81.8 Å². The van der Waals surface area contributed by atoms with E-state index in [1.807, 2.05) is 0 Å². The van der Waals surface area contributed by atoms with Crippen LogP contribution >= 0.6 is 0 Å². The van der Waals surface area contributed by atoms with Crippen molar-refractivity contribution in [3.8, 4) is 5.75 Å². The minimum Gasteiger partial charge on any atom is -0.508 e. The monoisotopic (exact) mass is 295 g/mol. The number of aromatic hydroxyl groups is 1. The number of anilines is 2. The van der Waals surface area contributed by atoms with E-state index in [-0.39, 0.29) is 12.4 Å². The van der Waals surface area contributed by atoms with Crippen LogP contribution in [-0.2, 0) is 0 Å². The average Bonchev–Trinajstić information content (AvgIpc) is 2.45. The predicted molar refractivity (Wildman–Crippen MR) is 85.3 cm³/mol. The number of quaternary nitrogens is 1. The summed E-state index contributed by atoms with van der Waals surface area (Å²) in [6, 6.07) is 4.95. The highest BCUT2D eigenvalue weighted by atomic mass is 16.3. The number of aliphatic hydroxyl groups excluding tert-OH is 1. The number of nitrogens with zero attached hydrogens (tertiary/aromatic N) is 2. The van der Waals surface area contributed by atoms with E-state index in [0.717, 1.165) is 56.0 Å². The van der Waals surface area contributed by atoms with Crippen molar-refractivity contribution in [2.45, 2.75) is 0 Å². The van der Waals surface area contributed by atoms with E-state index in [2.05, 4.69) is 17.3 Å². The molecule has 6 heteroatoms. The highest BCUT2D eigenvalue weighted by Crippen LogP contribution is 2.23. The molecule has 6 nitrogen and oxygen atoms in total. The Kier molecular flexibility index (Phi) is 5.27. The second kappa shape index (κ2) is 6.98. The van der Waals surface area contributed by atoms with E-state index < -0.39 is 0 Å². The van der Waals surface area contributed by atoms with E-state index in [0.29, 0.717) is 5.69 Å². The molecule has 1 aromatic carbocycles. The van der Waals surface area contributed by atoms with E-state index in [4.69, 9.17) is 10.8 Å². The Balaban J connectivity index is 1.74. The highest BCUT2D eigenvalue weighted by molar-refractivity contribution is 5.67. The normalized spacial score (nSPS) is 18.6. The van der Waals surface area contributed by atoms with Crippen molar-refractivity contribution in [1.82, 2.24) is 4.90 Å². The molecule has 0 aliphatic carbocycles. The fraction of sp³-hybridized carbons (Fsp3) is 0.600. The smallest absolute Gasteiger partial charge is 0.117 e. The molecule has 1 fully saturated rings. The van der Waals surface area contributed by atoms with Crippen molar-refractivity contribution in [3.63, 3.8) is 0 Å². The van der Waals surface area contributed by atoms with Crippen LogP contribution in [0.4, 0.5) is 11.4 Å². The van der Waals surface area contributed by atoms with Gasteiger partial charge in [-0.25, -0.2) is 0 Å². The van der Waals surface area contributed by atoms with Crippen LogP contribution < -0.4 is 11.1 Å². The number of likely N-dealkylation sites (N-methyl/N-ethyl adjacent to an activating group) is 1. The number of nitrogens with one attached hydrogen (secondary N) is 1. The zero-order valence-electron chi connectivity index (χ0n) is 12.8. The van der Waals surface area contributed by atoms with Gasteiger partial charge >= 0.3 is 0 Å². The number of hydrogen-bond acceptors (Lipinski definition) is 5. The maximum absolute atomic E-state index is 9.47. The molecular formula is C15H27N4O2+. The van der Waals surface area contributed by atoms with Crippen molar-refractivity contribution in [1.29, 1.82) is 0 Å². The first-order valence-corrected chi connectivity index (χ1v) is 7.51. The van der Waals surface area contributed by atoms with Gasteiger partial charge in [-0.15, -0.1) is 0 Å². The first-order chi connectivity index (χ1) is 10.0. The number of hydrogen-bond donors (Lipinski definition) is 4. The molecule has 5 N–H and O–H groups in total. The lowest BCUT2D eigenvalue weighted by Crippen LogP contribution is -2.58. The van der Waals surface area contributed by atoms with Crippen LogP contribution in [-0.4, -0.2) is 79.1 Å². The Morgan fingerprint density at radius 3 is 2.71 bits per heavy atom. The number of rotatable bonds is 6. The molecule has 1 aliphatic heterocycles. The number of nitrogen functional groups attached to an aromatic ring is 1. The van der Waals surface area contributed by atoms with E-state index in [1.54, 1.807) is 18.2 Å². The quantitative estimate of drug-likeness (QED) is 0.341. The van der Waals surface area contributed by atoms with Gasteiger partial charge in [-0.05, 0) is 12.1 Å². The summed E-state index contributed by atoms with van der Waals surface area (Å²) in [6.07, 6.45) is 0. The molecule has 2 rings (SSSR count). The van der Waals surface area contributed by atoms with Crippen molar-refractivity contribution < 1.29 is 14.7 Å². The number of nitrogens with two attached hydrogens (primary N) is 1. The van der Waals surface area contributed by atoms with Crippen LogP contribution in [0.5, 0.6) is 5.75 Å². The molecular weight excluding hydrogens is 268 g/mol. The minimum atomic E-state index is 0.224. The summed E-state index contributed by atoms with van der Waals surface area (Å²) in [6.45, 7) is 7.11. The minimum absolute atomic E-state index is 0.224. The fourth-order valence-corrected chi connectivity index (χ4v) is 2.72. The van der Waals surface area contributed by atoms with Gasteiger partial charge in [0, 0.05) is 32.2 Å². The molecule has 1 heterocycles. The van der Waals surface area contributed by atoms with Crippen LogP contribution in [0.1, 0.15) is 0 Å². The van der Waals surface area contributed by atoms with Gasteiger partial charge in [0.25, 0.3) is 0 Å². The van der Waals surface area contributed by atoms with Crippen molar-refractivity contribution in [2.24, 2.45) is 0 Å². The zero-order valence-corrected chi connectivity index (χ0v) is 12.8. The van der Waals surface area contributed by atoms with Gasteiger partial charge in [0.15, 0.2) is 0 Å². The third-order valence-electron chi connectivity index (χ3n) is 4.33. The lowest BCUT2D eigenvalue weighted by molar-refractivity contribution is -0.913. The van der Waals surface area contributed by atoms with Crippen LogP contribution in [0.3, 0.4) is 0 Å². The first-order valence-electron chi connectivity index (χ1n) is 7.51. The second-order valence-corrected chi connectivity index (χ2v) is 6.05. The molecule has 0 atom stereocenters. The average molecular weight is 295 g/mol. The third kappa shape index (κ3) is 4.49. The Morgan fingerprint density at radius 1 is 1.33 bits per heavy atom. The van der Waals surface area contributed by atoms with E-state index in [1.165, 1.54) is 0 Å². The Morgan fingerprint density at radius 2 is 2.05 bits per heavy atom. The molecule has 0 amide bonds. The summed E-state index contributed by atoms with van der Waals surface area (Å²) < 4.78 is 0.958. The van der Waals surface area contributed by atoms with Crippen molar-refractivity contribution >= 4 is 11.4 Å². The van der Waals surface area contributed by atoms with Gasteiger partial charge in [-0.3, -0.25) is 4.90 Å². The lowest BCUT2D eigenvalue weighted by Gasteiger charge is -2.41. The summed E-state index contributed by atoms with van der Waals surface area (Å²) in [5.41, 5.74) is 7.30. The Labute approximate surface area is 126 Å². The molecule has 0 aromatic heterocycles. The SMILES string of the molecule is C[N+]1(CCO)CCN(CCNc2cc(O)ccc2N)CC1. The van der Waals surface area contributed by atoms with Gasteiger partial charge in [0.2, 0.25) is 0 Å². The van der Waals surface area contributed by atoms with Gasteiger partial charge < -0.3 is 25.7 Å². The molecule has 0 saturated carbocycles. The van der Waals surface area contributed by atoms with Crippen LogP contribution in [0.15, 0.2) is 18.2 Å². The van der Waals surface area contributed by atoms with Crippen molar-refractivity contribution in [2.75, 3.05) is 70.5 Å².